The molecular formula is C18H18N4O2. The lowest BCUT2D eigenvalue weighted by atomic mass is 10.2. The van der Waals surface area contributed by atoms with Gasteiger partial charge in [0.1, 0.15) is 5.82 Å². The SMILES string of the molecule is Cc1ccccc1-n1nccc1NC(=O)CCn1ccccc1=O. The fourth-order valence-corrected chi connectivity index (χ4v) is 2.46. The summed E-state index contributed by atoms with van der Waals surface area (Å²) in [5.41, 5.74) is 1.86. The minimum absolute atomic E-state index is 0.116. The maximum atomic E-state index is 12.2. The van der Waals surface area contributed by atoms with E-state index in [9.17, 15) is 9.59 Å². The molecule has 2 heterocycles. The van der Waals surface area contributed by atoms with Gasteiger partial charge in [0.05, 0.1) is 11.9 Å². The number of nitrogens with one attached hydrogen (secondary N) is 1. The van der Waals surface area contributed by atoms with Crippen LogP contribution >= 0.6 is 0 Å². The van der Waals surface area contributed by atoms with E-state index in [2.05, 4.69) is 10.4 Å². The van der Waals surface area contributed by atoms with Gasteiger partial charge in [-0.2, -0.15) is 5.10 Å². The minimum atomic E-state index is -0.166. The molecule has 0 atom stereocenters. The Morgan fingerprint density at radius 3 is 2.71 bits per heavy atom. The Labute approximate surface area is 139 Å². The molecule has 0 bridgehead atoms. The fourth-order valence-electron chi connectivity index (χ4n) is 2.46. The molecule has 2 aromatic heterocycles. The lowest BCUT2D eigenvalue weighted by Crippen LogP contribution is -2.22. The Bertz CT molecular complexity index is 911. The first-order chi connectivity index (χ1) is 11.6. The normalized spacial score (nSPS) is 10.5. The monoisotopic (exact) mass is 322 g/mol. The summed E-state index contributed by atoms with van der Waals surface area (Å²) in [4.78, 5) is 23.8. The molecule has 1 amide bonds. The van der Waals surface area contributed by atoms with E-state index in [1.807, 2.05) is 31.2 Å². The smallest absolute Gasteiger partial charge is 0.250 e. The van der Waals surface area contributed by atoms with Gasteiger partial charge in [-0.15, -0.1) is 0 Å². The van der Waals surface area contributed by atoms with Crippen LogP contribution in [0.1, 0.15) is 12.0 Å². The van der Waals surface area contributed by atoms with Crippen LogP contribution in [0.4, 0.5) is 5.82 Å². The summed E-state index contributed by atoms with van der Waals surface area (Å²) in [6.07, 6.45) is 3.53. The van der Waals surface area contributed by atoms with Gasteiger partial charge in [-0.3, -0.25) is 9.59 Å². The standard InChI is InChI=1S/C18H18N4O2/c1-14-6-2-3-7-15(14)22-16(9-11-19-22)20-17(23)10-13-21-12-5-4-8-18(21)24/h2-9,11-12H,10,13H2,1H3,(H,20,23). The summed E-state index contributed by atoms with van der Waals surface area (Å²) >= 11 is 0. The molecule has 0 fully saturated rings. The van der Waals surface area contributed by atoms with Crippen LogP contribution < -0.4 is 10.9 Å². The van der Waals surface area contributed by atoms with Gasteiger partial charge in [0.15, 0.2) is 0 Å². The lowest BCUT2D eigenvalue weighted by molar-refractivity contribution is -0.116. The van der Waals surface area contributed by atoms with E-state index in [0.29, 0.717) is 12.4 Å². The predicted molar refractivity (Wildman–Crippen MR) is 92.2 cm³/mol. The molecule has 0 radical (unpaired) electrons. The highest BCUT2D eigenvalue weighted by Crippen LogP contribution is 2.18. The molecule has 0 aliphatic carbocycles. The van der Waals surface area contributed by atoms with Crippen molar-refractivity contribution in [2.45, 2.75) is 19.9 Å². The number of hydrogen-bond donors (Lipinski definition) is 1. The molecule has 3 rings (SSSR count). The van der Waals surface area contributed by atoms with E-state index in [-0.39, 0.29) is 17.9 Å². The molecule has 0 saturated heterocycles. The number of nitrogens with zero attached hydrogens (tertiary/aromatic N) is 3. The average Bonchev–Trinajstić information content (AvgIpc) is 3.02. The van der Waals surface area contributed by atoms with Crippen LogP contribution in [0.15, 0.2) is 65.7 Å². The summed E-state index contributed by atoms with van der Waals surface area (Å²) < 4.78 is 3.21. The van der Waals surface area contributed by atoms with Crippen LogP contribution in [0.3, 0.4) is 0 Å². The Balaban J connectivity index is 1.70. The van der Waals surface area contributed by atoms with Crippen molar-refractivity contribution in [1.29, 1.82) is 0 Å². The van der Waals surface area contributed by atoms with E-state index >= 15 is 0 Å². The molecule has 1 aromatic carbocycles. The second-order valence-corrected chi connectivity index (χ2v) is 5.45. The van der Waals surface area contributed by atoms with Crippen molar-refractivity contribution in [3.8, 4) is 5.69 Å². The van der Waals surface area contributed by atoms with Crippen LogP contribution in [0.25, 0.3) is 5.69 Å². The zero-order chi connectivity index (χ0) is 16.9. The first-order valence-corrected chi connectivity index (χ1v) is 7.70. The molecule has 3 aromatic rings. The molecular weight excluding hydrogens is 304 g/mol. The number of pyridine rings is 1. The summed E-state index contributed by atoms with van der Waals surface area (Å²) in [7, 11) is 0. The number of carbonyl (C=O) groups excluding carboxylic acids is 1. The Kier molecular flexibility index (Phi) is 4.56. The number of rotatable bonds is 5. The highest BCUT2D eigenvalue weighted by atomic mass is 16.2. The molecule has 6 heteroatoms. The third-order valence-electron chi connectivity index (χ3n) is 3.73. The second-order valence-electron chi connectivity index (χ2n) is 5.45. The van der Waals surface area contributed by atoms with Gasteiger partial charge >= 0.3 is 0 Å². The van der Waals surface area contributed by atoms with Gasteiger partial charge in [-0.05, 0) is 24.6 Å². The van der Waals surface area contributed by atoms with Crippen molar-refractivity contribution in [3.63, 3.8) is 0 Å². The van der Waals surface area contributed by atoms with E-state index < -0.39 is 0 Å². The lowest BCUT2D eigenvalue weighted by Gasteiger charge is -2.11. The van der Waals surface area contributed by atoms with Crippen molar-refractivity contribution in [3.05, 3.63) is 76.8 Å². The Morgan fingerprint density at radius 1 is 1.12 bits per heavy atom. The molecule has 0 saturated carbocycles. The molecule has 6 nitrogen and oxygen atoms in total. The van der Waals surface area contributed by atoms with Gasteiger partial charge in [0.2, 0.25) is 5.91 Å². The van der Waals surface area contributed by atoms with E-state index in [1.54, 1.807) is 35.3 Å². The van der Waals surface area contributed by atoms with Gasteiger partial charge < -0.3 is 9.88 Å². The zero-order valence-corrected chi connectivity index (χ0v) is 13.3. The molecule has 0 spiro atoms. The number of aryl methyl sites for hydroxylation is 2. The van der Waals surface area contributed by atoms with Crippen LogP contribution in [-0.4, -0.2) is 20.3 Å². The van der Waals surface area contributed by atoms with Crippen molar-refractivity contribution in [2.24, 2.45) is 0 Å². The largest absolute Gasteiger partial charge is 0.315 e. The molecule has 0 unspecified atom stereocenters. The molecule has 1 N–H and O–H groups in total. The van der Waals surface area contributed by atoms with Gasteiger partial charge in [-0.1, -0.05) is 24.3 Å². The minimum Gasteiger partial charge on any atom is -0.315 e. The maximum absolute atomic E-state index is 12.2. The third kappa shape index (κ3) is 3.43. The number of benzene rings is 1. The Morgan fingerprint density at radius 2 is 1.92 bits per heavy atom. The van der Waals surface area contributed by atoms with Crippen molar-refractivity contribution in [2.75, 3.05) is 5.32 Å². The highest BCUT2D eigenvalue weighted by Gasteiger charge is 2.10. The molecule has 0 aliphatic rings. The number of aromatic nitrogens is 3. The quantitative estimate of drug-likeness (QED) is 0.784. The first kappa shape index (κ1) is 15.7. The summed E-state index contributed by atoms with van der Waals surface area (Å²) in [5.74, 6) is 0.441. The van der Waals surface area contributed by atoms with Crippen LogP contribution in [0.2, 0.25) is 0 Å². The van der Waals surface area contributed by atoms with Gasteiger partial charge in [0.25, 0.3) is 5.56 Å². The average molecular weight is 322 g/mol. The maximum Gasteiger partial charge on any atom is 0.250 e. The third-order valence-corrected chi connectivity index (χ3v) is 3.73. The van der Waals surface area contributed by atoms with Crippen LogP contribution in [-0.2, 0) is 11.3 Å². The van der Waals surface area contributed by atoms with E-state index in [4.69, 9.17) is 0 Å². The van der Waals surface area contributed by atoms with E-state index in [0.717, 1.165) is 11.3 Å². The first-order valence-electron chi connectivity index (χ1n) is 7.70. The van der Waals surface area contributed by atoms with Crippen molar-refractivity contribution >= 4 is 11.7 Å². The summed E-state index contributed by atoms with van der Waals surface area (Å²) in [5, 5.41) is 7.13. The van der Waals surface area contributed by atoms with Gasteiger partial charge in [-0.25, -0.2) is 4.68 Å². The predicted octanol–water partition coefficient (Wildman–Crippen LogP) is 2.37. The summed E-state index contributed by atoms with van der Waals surface area (Å²) in [6, 6.07) is 14.5. The number of hydrogen-bond acceptors (Lipinski definition) is 3. The Hall–Kier alpha value is -3.15. The van der Waals surface area contributed by atoms with Crippen molar-refractivity contribution in [1.82, 2.24) is 14.3 Å². The van der Waals surface area contributed by atoms with E-state index in [1.165, 1.54) is 10.6 Å². The number of amides is 1. The van der Waals surface area contributed by atoms with Gasteiger partial charge in [0, 0.05) is 31.3 Å². The second kappa shape index (κ2) is 6.95. The molecule has 122 valence electrons. The number of para-hydroxylation sites is 1. The fraction of sp³-hybridized carbons (Fsp3) is 0.167. The number of anilines is 1. The topological polar surface area (TPSA) is 68.9 Å². The van der Waals surface area contributed by atoms with Crippen LogP contribution in [0.5, 0.6) is 0 Å². The summed E-state index contributed by atoms with van der Waals surface area (Å²) in [6.45, 7) is 2.33. The zero-order valence-electron chi connectivity index (χ0n) is 13.3. The van der Waals surface area contributed by atoms with Crippen LogP contribution in [0, 0.1) is 6.92 Å². The number of carbonyl (C=O) groups is 1. The molecule has 0 aliphatic heterocycles. The van der Waals surface area contributed by atoms with Crippen molar-refractivity contribution < 1.29 is 4.79 Å². The highest BCUT2D eigenvalue weighted by molar-refractivity contribution is 5.90. The molecule has 24 heavy (non-hydrogen) atoms.